The molecule has 0 spiro atoms. The van der Waals surface area contributed by atoms with Crippen molar-refractivity contribution in [3.05, 3.63) is 33.3 Å². The van der Waals surface area contributed by atoms with Gasteiger partial charge in [-0.3, -0.25) is 0 Å². The van der Waals surface area contributed by atoms with Crippen LogP contribution < -0.4 is 5.32 Å². The van der Waals surface area contributed by atoms with Crippen LogP contribution in [-0.4, -0.2) is 25.8 Å². The summed E-state index contributed by atoms with van der Waals surface area (Å²) in [7, 11) is 0. The summed E-state index contributed by atoms with van der Waals surface area (Å²) in [6.45, 7) is 7.13. The average Bonchev–Trinajstić information content (AvgIpc) is 2.41. The minimum Gasteiger partial charge on any atom is -0.381 e. The first-order chi connectivity index (χ1) is 9.51. The summed E-state index contributed by atoms with van der Waals surface area (Å²) in [6.07, 6.45) is 3.21. The van der Waals surface area contributed by atoms with Gasteiger partial charge in [0.15, 0.2) is 0 Å². The highest BCUT2D eigenvalue weighted by molar-refractivity contribution is 9.10. The Morgan fingerprint density at radius 3 is 2.65 bits per heavy atom. The van der Waals surface area contributed by atoms with Gasteiger partial charge >= 0.3 is 0 Å². The Morgan fingerprint density at radius 1 is 1.35 bits per heavy atom. The predicted molar refractivity (Wildman–Crippen MR) is 88.5 cm³/mol. The predicted octanol–water partition coefficient (Wildman–Crippen LogP) is 4.44. The van der Waals surface area contributed by atoms with E-state index in [9.17, 15) is 0 Å². The molecule has 0 amide bonds. The summed E-state index contributed by atoms with van der Waals surface area (Å²) in [5.74, 6) is 0. The van der Waals surface area contributed by atoms with E-state index in [1.54, 1.807) is 0 Å². The molecule has 0 radical (unpaired) electrons. The molecule has 1 aromatic carbocycles. The molecular formula is C16H23BrClNO. The number of hydrogen-bond acceptors (Lipinski definition) is 2. The molecule has 1 heterocycles. The van der Waals surface area contributed by atoms with Crippen molar-refractivity contribution in [1.82, 2.24) is 5.32 Å². The van der Waals surface area contributed by atoms with Crippen molar-refractivity contribution in [3.8, 4) is 0 Å². The summed E-state index contributed by atoms with van der Waals surface area (Å²) in [6, 6.07) is 6.71. The van der Waals surface area contributed by atoms with Crippen molar-refractivity contribution >= 4 is 27.5 Å². The largest absolute Gasteiger partial charge is 0.381 e. The lowest BCUT2D eigenvalue weighted by Gasteiger charge is -2.38. The summed E-state index contributed by atoms with van der Waals surface area (Å²) < 4.78 is 6.59. The first-order valence-corrected chi connectivity index (χ1v) is 8.43. The van der Waals surface area contributed by atoms with E-state index < -0.39 is 0 Å². The maximum Gasteiger partial charge on any atom is 0.0471 e. The van der Waals surface area contributed by atoms with Gasteiger partial charge in [0, 0.05) is 35.3 Å². The van der Waals surface area contributed by atoms with Crippen LogP contribution in [0.5, 0.6) is 0 Å². The molecule has 0 bridgehead atoms. The van der Waals surface area contributed by atoms with Gasteiger partial charge in [-0.25, -0.2) is 0 Å². The molecular weight excluding hydrogens is 338 g/mol. The molecule has 1 N–H and O–H groups in total. The molecule has 1 aliphatic rings. The zero-order chi connectivity index (χ0) is 14.6. The van der Waals surface area contributed by atoms with Crippen LogP contribution in [-0.2, 0) is 11.2 Å². The van der Waals surface area contributed by atoms with E-state index in [-0.39, 0.29) is 5.41 Å². The second-order valence-electron chi connectivity index (χ2n) is 6.06. The molecule has 0 saturated carbocycles. The fourth-order valence-corrected chi connectivity index (χ4v) is 3.45. The van der Waals surface area contributed by atoms with E-state index in [1.165, 1.54) is 5.56 Å². The van der Waals surface area contributed by atoms with Gasteiger partial charge in [0.2, 0.25) is 0 Å². The molecule has 0 aromatic heterocycles. The lowest BCUT2D eigenvalue weighted by molar-refractivity contribution is 0.0141. The van der Waals surface area contributed by atoms with Crippen LogP contribution in [0.25, 0.3) is 0 Å². The summed E-state index contributed by atoms with van der Waals surface area (Å²) in [5.41, 5.74) is 1.50. The van der Waals surface area contributed by atoms with E-state index in [4.69, 9.17) is 16.3 Å². The molecule has 20 heavy (non-hydrogen) atoms. The van der Waals surface area contributed by atoms with Crippen LogP contribution in [0.2, 0.25) is 5.02 Å². The Morgan fingerprint density at radius 2 is 2.05 bits per heavy atom. The van der Waals surface area contributed by atoms with Crippen LogP contribution in [0.15, 0.2) is 22.7 Å². The van der Waals surface area contributed by atoms with Crippen LogP contribution in [0, 0.1) is 5.41 Å². The van der Waals surface area contributed by atoms with Crippen molar-refractivity contribution in [1.29, 1.82) is 0 Å². The van der Waals surface area contributed by atoms with Crippen molar-refractivity contribution in [3.63, 3.8) is 0 Å². The van der Waals surface area contributed by atoms with E-state index in [1.807, 2.05) is 6.07 Å². The molecule has 2 rings (SSSR count). The molecule has 0 aliphatic carbocycles. The third kappa shape index (κ3) is 4.45. The third-order valence-corrected chi connectivity index (χ3v) is 4.86. The zero-order valence-corrected chi connectivity index (χ0v) is 14.6. The van der Waals surface area contributed by atoms with Crippen LogP contribution in [0.3, 0.4) is 0 Å². The molecule has 1 aromatic rings. The minimum atomic E-state index is 0.264. The SMILES string of the molecule is CC(C)NCC1(Cc2ccc(Br)cc2Cl)CCOCC1. The highest BCUT2D eigenvalue weighted by Gasteiger charge is 2.33. The first-order valence-electron chi connectivity index (χ1n) is 7.26. The van der Waals surface area contributed by atoms with Gasteiger partial charge < -0.3 is 10.1 Å². The number of halogens is 2. The molecule has 112 valence electrons. The van der Waals surface area contributed by atoms with Gasteiger partial charge in [0.05, 0.1) is 0 Å². The molecule has 1 saturated heterocycles. The molecule has 2 nitrogen and oxygen atoms in total. The quantitative estimate of drug-likeness (QED) is 0.838. The van der Waals surface area contributed by atoms with Crippen molar-refractivity contribution in [2.24, 2.45) is 5.41 Å². The van der Waals surface area contributed by atoms with E-state index in [2.05, 4.69) is 47.2 Å². The van der Waals surface area contributed by atoms with E-state index >= 15 is 0 Å². The summed E-state index contributed by atoms with van der Waals surface area (Å²) in [4.78, 5) is 0. The molecule has 0 unspecified atom stereocenters. The number of benzene rings is 1. The van der Waals surface area contributed by atoms with Crippen molar-refractivity contribution < 1.29 is 4.74 Å². The molecule has 1 fully saturated rings. The minimum absolute atomic E-state index is 0.264. The zero-order valence-electron chi connectivity index (χ0n) is 12.2. The van der Waals surface area contributed by atoms with Crippen LogP contribution in [0.1, 0.15) is 32.3 Å². The highest BCUT2D eigenvalue weighted by Crippen LogP contribution is 2.36. The monoisotopic (exact) mass is 359 g/mol. The molecule has 1 aliphatic heterocycles. The van der Waals surface area contributed by atoms with Gasteiger partial charge in [0.1, 0.15) is 0 Å². The number of rotatable bonds is 5. The van der Waals surface area contributed by atoms with Gasteiger partial charge in [-0.1, -0.05) is 47.4 Å². The summed E-state index contributed by atoms with van der Waals surface area (Å²) >= 11 is 9.86. The Kier molecular flexibility index (Phi) is 5.91. The Labute approximate surface area is 135 Å². The second kappa shape index (κ2) is 7.26. The van der Waals surface area contributed by atoms with Gasteiger partial charge in [-0.05, 0) is 42.4 Å². The number of nitrogens with one attached hydrogen (secondary N) is 1. The third-order valence-electron chi connectivity index (χ3n) is 4.02. The van der Waals surface area contributed by atoms with Gasteiger partial charge in [-0.2, -0.15) is 0 Å². The lowest BCUT2D eigenvalue weighted by atomic mass is 9.75. The maximum atomic E-state index is 6.39. The number of hydrogen-bond donors (Lipinski definition) is 1. The first kappa shape index (κ1) is 16.3. The van der Waals surface area contributed by atoms with Crippen molar-refractivity contribution in [2.75, 3.05) is 19.8 Å². The lowest BCUT2D eigenvalue weighted by Crippen LogP contribution is -2.42. The normalized spacial score (nSPS) is 18.4. The summed E-state index contributed by atoms with van der Waals surface area (Å²) in [5, 5.41) is 4.46. The van der Waals surface area contributed by atoms with Gasteiger partial charge in [0.25, 0.3) is 0 Å². The van der Waals surface area contributed by atoms with Crippen LogP contribution in [0.4, 0.5) is 0 Å². The van der Waals surface area contributed by atoms with Crippen LogP contribution >= 0.6 is 27.5 Å². The fourth-order valence-electron chi connectivity index (χ4n) is 2.71. The highest BCUT2D eigenvalue weighted by atomic mass is 79.9. The van der Waals surface area contributed by atoms with Gasteiger partial charge in [-0.15, -0.1) is 0 Å². The van der Waals surface area contributed by atoms with E-state index in [0.29, 0.717) is 6.04 Å². The number of ether oxygens (including phenoxy) is 1. The average molecular weight is 361 g/mol. The second-order valence-corrected chi connectivity index (χ2v) is 7.38. The Bertz CT molecular complexity index is 444. The smallest absolute Gasteiger partial charge is 0.0471 e. The van der Waals surface area contributed by atoms with E-state index in [0.717, 1.165) is 48.5 Å². The standard InChI is InChI=1S/C16H23BrClNO/c1-12(2)19-11-16(5-7-20-8-6-16)10-13-3-4-14(17)9-15(13)18/h3-4,9,12,19H,5-8,10-11H2,1-2H3. The Hall–Kier alpha value is -0.0900. The Balaban J connectivity index is 2.14. The topological polar surface area (TPSA) is 21.3 Å². The molecule has 4 heteroatoms. The van der Waals surface area contributed by atoms with Crippen molar-refractivity contribution in [2.45, 2.75) is 39.2 Å². The fraction of sp³-hybridized carbons (Fsp3) is 0.625. The molecule has 0 atom stereocenters. The maximum absolute atomic E-state index is 6.39.